The van der Waals surface area contributed by atoms with Crippen molar-refractivity contribution in [3.63, 3.8) is 0 Å². The van der Waals surface area contributed by atoms with Gasteiger partial charge in [-0.1, -0.05) is 0 Å². The van der Waals surface area contributed by atoms with Crippen LogP contribution in [0.25, 0.3) is 0 Å². The monoisotopic (exact) mass is 276 g/mol. The van der Waals surface area contributed by atoms with Gasteiger partial charge in [-0.15, -0.1) is 0 Å². The van der Waals surface area contributed by atoms with Gasteiger partial charge in [-0.05, 0) is 32.0 Å². The number of hydrogen-bond donors (Lipinski definition) is 1. The standard InChI is InChI=1S/C12H12N4O4/c1-8-3-4-9(2)14(8)13-11-6-5-10(15(17)18)7-12(11)16(19)20/h3-7,13H,1-2H3. The van der Waals surface area contributed by atoms with Crippen molar-refractivity contribution in [3.05, 3.63) is 61.9 Å². The van der Waals surface area contributed by atoms with Gasteiger partial charge in [0, 0.05) is 17.5 Å². The number of non-ortho nitro benzene ring substituents is 1. The predicted octanol–water partition coefficient (Wildman–Crippen LogP) is 2.80. The van der Waals surface area contributed by atoms with Crippen molar-refractivity contribution in [1.82, 2.24) is 4.68 Å². The Kier molecular flexibility index (Phi) is 3.38. The summed E-state index contributed by atoms with van der Waals surface area (Å²) in [6, 6.07) is 7.22. The minimum Gasteiger partial charge on any atom is -0.288 e. The van der Waals surface area contributed by atoms with E-state index in [1.807, 2.05) is 26.0 Å². The zero-order valence-corrected chi connectivity index (χ0v) is 10.9. The molecular formula is C12H12N4O4. The first-order valence-corrected chi connectivity index (χ1v) is 5.75. The minimum absolute atomic E-state index is 0.197. The Morgan fingerprint density at radius 1 is 1.00 bits per heavy atom. The Bertz CT molecular complexity index is 673. The molecular weight excluding hydrogens is 264 g/mol. The molecule has 0 aliphatic heterocycles. The lowest BCUT2D eigenvalue weighted by Gasteiger charge is -2.12. The van der Waals surface area contributed by atoms with Crippen LogP contribution in [0.3, 0.4) is 0 Å². The van der Waals surface area contributed by atoms with Gasteiger partial charge in [0.2, 0.25) is 0 Å². The second-order valence-corrected chi connectivity index (χ2v) is 4.28. The molecule has 2 aromatic rings. The lowest BCUT2D eigenvalue weighted by molar-refractivity contribution is -0.393. The lowest BCUT2D eigenvalue weighted by atomic mass is 10.2. The molecule has 0 spiro atoms. The second kappa shape index (κ2) is 5.00. The van der Waals surface area contributed by atoms with Crippen LogP contribution in [-0.2, 0) is 0 Å². The predicted molar refractivity (Wildman–Crippen MR) is 72.7 cm³/mol. The number of nitrogens with one attached hydrogen (secondary N) is 1. The van der Waals surface area contributed by atoms with Gasteiger partial charge in [0.05, 0.1) is 15.9 Å². The number of nitro groups is 2. The van der Waals surface area contributed by atoms with E-state index >= 15 is 0 Å². The molecule has 0 aliphatic carbocycles. The minimum atomic E-state index is -0.664. The number of hydrogen-bond acceptors (Lipinski definition) is 5. The van der Waals surface area contributed by atoms with Crippen molar-refractivity contribution < 1.29 is 9.85 Å². The Morgan fingerprint density at radius 2 is 1.60 bits per heavy atom. The van der Waals surface area contributed by atoms with Crippen LogP contribution in [0.1, 0.15) is 11.4 Å². The summed E-state index contributed by atoms with van der Waals surface area (Å²) in [4.78, 5) is 20.4. The number of benzene rings is 1. The van der Waals surface area contributed by atoms with Crippen LogP contribution >= 0.6 is 0 Å². The summed E-state index contributed by atoms with van der Waals surface area (Å²) in [6.07, 6.45) is 0. The highest BCUT2D eigenvalue weighted by atomic mass is 16.6. The fourth-order valence-electron chi connectivity index (χ4n) is 1.84. The van der Waals surface area contributed by atoms with Gasteiger partial charge in [0.1, 0.15) is 5.69 Å². The summed E-state index contributed by atoms with van der Waals surface area (Å²) in [5.74, 6) is 0. The van der Waals surface area contributed by atoms with Gasteiger partial charge in [0.25, 0.3) is 5.69 Å². The third-order valence-electron chi connectivity index (χ3n) is 2.89. The Labute approximate surface area is 113 Å². The van der Waals surface area contributed by atoms with Crippen LogP contribution in [0.5, 0.6) is 0 Å². The second-order valence-electron chi connectivity index (χ2n) is 4.28. The van der Waals surface area contributed by atoms with Crippen molar-refractivity contribution in [2.75, 3.05) is 5.43 Å². The topological polar surface area (TPSA) is 103 Å². The molecule has 0 bridgehead atoms. The highest BCUT2D eigenvalue weighted by Crippen LogP contribution is 2.29. The molecule has 20 heavy (non-hydrogen) atoms. The molecule has 104 valence electrons. The van der Waals surface area contributed by atoms with Crippen molar-refractivity contribution in [1.29, 1.82) is 0 Å². The fourth-order valence-corrected chi connectivity index (χ4v) is 1.84. The molecule has 1 N–H and O–H groups in total. The van der Waals surface area contributed by atoms with E-state index in [9.17, 15) is 20.2 Å². The highest BCUT2D eigenvalue weighted by Gasteiger charge is 2.20. The van der Waals surface area contributed by atoms with E-state index in [2.05, 4.69) is 5.43 Å². The van der Waals surface area contributed by atoms with Gasteiger partial charge < -0.3 is 0 Å². The van der Waals surface area contributed by atoms with E-state index in [4.69, 9.17) is 0 Å². The van der Waals surface area contributed by atoms with Crippen molar-refractivity contribution in [2.45, 2.75) is 13.8 Å². The smallest absolute Gasteiger partial charge is 0.288 e. The summed E-state index contributed by atoms with van der Waals surface area (Å²) in [5, 5.41) is 21.7. The quantitative estimate of drug-likeness (QED) is 0.683. The van der Waals surface area contributed by atoms with Gasteiger partial charge in [-0.25, -0.2) is 0 Å². The molecule has 1 heterocycles. The van der Waals surface area contributed by atoms with E-state index < -0.39 is 9.85 Å². The molecule has 0 unspecified atom stereocenters. The molecule has 1 aromatic carbocycles. The number of aromatic nitrogens is 1. The molecule has 8 nitrogen and oxygen atoms in total. The lowest BCUT2D eigenvalue weighted by Crippen LogP contribution is -2.13. The van der Waals surface area contributed by atoms with E-state index in [1.165, 1.54) is 12.1 Å². The Balaban J connectivity index is 2.46. The number of nitro benzene ring substituents is 2. The first-order chi connectivity index (χ1) is 9.40. The zero-order chi connectivity index (χ0) is 14.9. The normalized spacial score (nSPS) is 10.3. The number of nitrogens with zero attached hydrogens (tertiary/aromatic N) is 3. The van der Waals surface area contributed by atoms with Crippen LogP contribution in [0.15, 0.2) is 30.3 Å². The van der Waals surface area contributed by atoms with Crippen LogP contribution in [0, 0.1) is 34.1 Å². The fraction of sp³-hybridized carbons (Fsp3) is 0.167. The summed E-state index contributed by atoms with van der Waals surface area (Å²) in [7, 11) is 0. The molecule has 0 fully saturated rings. The average molecular weight is 276 g/mol. The van der Waals surface area contributed by atoms with Crippen LogP contribution in [-0.4, -0.2) is 14.5 Å². The van der Waals surface area contributed by atoms with E-state index in [1.54, 1.807) is 4.68 Å². The summed E-state index contributed by atoms with van der Waals surface area (Å²) < 4.78 is 1.67. The van der Waals surface area contributed by atoms with Crippen LogP contribution < -0.4 is 5.43 Å². The first-order valence-electron chi connectivity index (χ1n) is 5.75. The van der Waals surface area contributed by atoms with Gasteiger partial charge in [0.15, 0.2) is 0 Å². The van der Waals surface area contributed by atoms with Crippen molar-refractivity contribution in [2.24, 2.45) is 0 Å². The van der Waals surface area contributed by atoms with E-state index in [0.29, 0.717) is 0 Å². The molecule has 0 aliphatic rings. The molecule has 2 rings (SSSR count). The number of rotatable bonds is 4. The van der Waals surface area contributed by atoms with E-state index in [-0.39, 0.29) is 17.1 Å². The molecule has 0 atom stereocenters. The van der Waals surface area contributed by atoms with Crippen LogP contribution in [0.4, 0.5) is 17.1 Å². The zero-order valence-electron chi connectivity index (χ0n) is 10.9. The maximum atomic E-state index is 11.0. The summed E-state index contributed by atoms with van der Waals surface area (Å²) in [6.45, 7) is 3.69. The maximum Gasteiger partial charge on any atom is 0.300 e. The highest BCUT2D eigenvalue weighted by molar-refractivity contribution is 5.65. The number of aryl methyl sites for hydroxylation is 2. The molecule has 0 saturated carbocycles. The maximum absolute atomic E-state index is 11.0. The van der Waals surface area contributed by atoms with Gasteiger partial charge in [-0.2, -0.15) is 0 Å². The molecule has 8 heteroatoms. The van der Waals surface area contributed by atoms with Crippen LogP contribution in [0.2, 0.25) is 0 Å². The molecule has 1 aromatic heterocycles. The van der Waals surface area contributed by atoms with Gasteiger partial charge in [-0.3, -0.25) is 30.3 Å². The van der Waals surface area contributed by atoms with Crippen molar-refractivity contribution >= 4 is 17.1 Å². The third-order valence-corrected chi connectivity index (χ3v) is 2.89. The largest absolute Gasteiger partial charge is 0.300 e. The third kappa shape index (κ3) is 2.44. The molecule has 0 saturated heterocycles. The number of anilines is 1. The average Bonchev–Trinajstić information content (AvgIpc) is 2.70. The molecule has 0 radical (unpaired) electrons. The van der Waals surface area contributed by atoms with Crippen molar-refractivity contribution in [3.8, 4) is 0 Å². The summed E-state index contributed by atoms with van der Waals surface area (Å²) in [5.41, 5.74) is 4.17. The first kappa shape index (κ1) is 13.5. The SMILES string of the molecule is Cc1ccc(C)n1Nc1ccc([N+](=O)[O-])cc1[N+](=O)[O-]. The van der Waals surface area contributed by atoms with Gasteiger partial charge >= 0.3 is 5.69 Å². The summed E-state index contributed by atoms with van der Waals surface area (Å²) >= 11 is 0. The Hall–Kier alpha value is -2.90. The Morgan fingerprint density at radius 3 is 2.10 bits per heavy atom. The molecule has 0 amide bonds. The van der Waals surface area contributed by atoms with E-state index in [0.717, 1.165) is 17.5 Å².